The van der Waals surface area contributed by atoms with E-state index in [0.29, 0.717) is 12.8 Å². The maximum absolute atomic E-state index is 11.6. The molecule has 110 valence electrons. The minimum absolute atomic E-state index is 0.0160. The van der Waals surface area contributed by atoms with E-state index in [9.17, 15) is 19.7 Å². The number of nitriles is 1. The number of benzene rings is 1. The van der Waals surface area contributed by atoms with E-state index in [4.69, 9.17) is 10.4 Å². The number of carboxylic acids is 1. The Hall–Kier alpha value is -2.95. The average Bonchev–Trinajstić information content (AvgIpc) is 2.43. The van der Waals surface area contributed by atoms with Gasteiger partial charge in [0.1, 0.15) is 5.69 Å². The summed E-state index contributed by atoms with van der Waals surface area (Å²) in [6, 6.07) is 5.53. The molecule has 0 saturated heterocycles. The number of carboxylic acid groups (broad SMARTS) is 1. The molecule has 0 radical (unpaired) electrons. The third kappa shape index (κ3) is 5.28. The third-order valence-corrected chi connectivity index (χ3v) is 2.64. The molecular weight excluding hydrogens is 278 g/mol. The number of rotatable bonds is 7. The molecule has 21 heavy (non-hydrogen) atoms. The number of hydrogen-bond donors (Lipinski definition) is 2. The van der Waals surface area contributed by atoms with E-state index in [0.717, 1.165) is 6.07 Å². The van der Waals surface area contributed by atoms with Crippen LogP contribution in [0.5, 0.6) is 0 Å². The predicted octanol–water partition coefficient (Wildman–Crippen LogP) is 2.05. The lowest BCUT2D eigenvalue weighted by Crippen LogP contribution is -2.12. The summed E-state index contributed by atoms with van der Waals surface area (Å²) >= 11 is 0. The molecule has 1 amide bonds. The molecule has 0 unspecified atom stereocenters. The molecule has 0 spiro atoms. The van der Waals surface area contributed by atoms with Crippen molar-refractivity contribution in [3.63, 3.8) is 0 Å². The Morgan fingerprint density at radius 1 is 1.33 bits per heavy atom. The highest BCUT2D eigenvalue weighted by Gasteiger charge is 2.16. The van der Waals surface area contributed by atoms with Crippen LogP contribution in [0.2, 0.25) is 0 Å². The number of nitro benzene ring substituents is 1. The van der Waals surface area contributed by atoms with Gasteiger partial charge in [-0.2, -0.15) is 5.26 Å². The summed E-state index contributed by atoms with van der Waals surface area (Å²) in [5.74, 6) is -1.37. The van der Waals surface area contributed by atoms with Crippen molar-refractivity contribution in [2.24, 2.45) is 0 Å². The first-order valence-electron chi connectivity index (χ1n) is 6.14. The van der Waals surface area contributed by atoms with Gasteiger partial charge in [0.15, 0.2) is 0 Å². The van der Waals surface area contributed by atoms with Gasteiger partial charge in [0.2, 0.25) is 5.91 Å². The van der Waals surface area contributed by atoms with Gasteiger partial charge in [-0.1, -0.05) is 0 Å². The van der Waals surface area contributed by atoms with Crippen LogP contribution in [0.25, 0.3) is 0 Å². The van der Waals surface area contributed by atoms with Crippen LogP contribution in [0.15, 0.2) is 18.2 Å². The normalized spacial score (nSPS) is 9.67. The smallest absolute Gasteiger partial charge is 0.303 e. The van der Waals surface area contributed by atoms with Gasteiger partial charge in [0, 0.05) is 18.9 Å². The first-order chi connectivity index (χ1) is 9.93. The number of carbonyl (C=O) groups excluding carboxylic acids is 1. The highest BCUT2D eigenvalue weighted by molar-refractivity contribution is 5.93. The Bertz CT molecular complexity index is 606. The number of nitrogens with one attached hydrogen (secondary N) is 1. The summed E-state index contributed by atoms with van der Waals surface area (Å²) in [5, 5.41) is 30.4. The zero-order chi connectivity index (χ0) is 15.8. The molecule has 2 N–H and O–H groups in total. The van der Waals surface area contributed by atoms with E-state index in [1.165, 1.54) is 12.1 Å². The SMILES string of the molecule is N#Cc1ccc(NC(=O)CCCCC(=O)O)c([N+](=O)[O-])c1. The Kier molecular flexibility index (Phi) is 5.82. The molecular formula is C13H13N3O5. The zero-order valence-electron chi connectivity index (χ0n) is 11.0. The Labute approximate surface area is 120 Å². The third-order valence-electron chi connectivity index (χ3n) is 2.64. The van der Waals surface area contributed by atoms with E-state index >= 15 is 0 Å². The van der Waals surface area contributed by atoms with Crippen LogP contribution in [-0.2, 0) is 9.59 Å². The zero-order valence-corrected chi connectivity index (χ0v) is 11.0. The number of unbranched alkanes of at least 4 members (excludes halogenated alkanes) is 1. The summed E-state index contributed by atoms with van der Waals surface area (Å²) in [4.78, 5) is 32.2. The lowest BCUT2D eigenvalue weighted by molar-refractivity contribution is -0.383. The van der Waals surface area contributed by atoms with Crippen LogP contribution in [0, 0.1) is 21.4 Å². The van der Waals surface area contributed by atoms with E-state index in [-0.39, 0.29) is 29.8 Å². The predicted molar refractivity (Wildman–Crippen MR) is 72.5 cm³/mol. The number of carbonyl (C=O) groups is 2. The second-order valence-electron chi connectivity index (χ2n) is 4.25. The van der Waals surface area contributed by atoms with Crippen molar-refractivity contribution < 1.29 is 19.6 Å². The second kappa shape index (κ2) is 7.59. The maximum atomic E-state index is 11.6. The fraction of sp³-hybridized carbons (Fsp3) is 0.308. The fourth-order valence-electron chi connectivity index (χ4n) is 1.63. The molecule has 1 rings (SSSR count). The molecule has 0 aliphatic heterocycles. The molecule has 1 aromatic carbocycles. The van der Waals surface area contributed by atoms with Crippen LogP contribution in [-0.4, -0.2) is 21.9 Å². The van der Waals surface area contributed by atoms with Gasteiger partial charge in [-0.25, -0.2) is 0 Å². The summed E-state index contributed by atoms with van der Waals surface area (Å²) in [7, 11) is 0. The quantitative estimate of drug-likeness (QED) is 0.448. The van der Waals surface area contributed by atoms with Gasteiger partial charge in [-0.05, 0) is 25.0 Å². The summed E-state index contributed by atoms with van der Waals surface area (Å²) < 4.78 is 0. The van der Waals surface area contributed by atoms with Crippen molar-refractivity contribution in [1.82, 2.24) is 0 Å². The van der Waals surface area contributed by atoms with Crippen molar-refractivity contribution in [2.75, 3.05) is 5.32 Å². The number of amides is 1. The van der Waals surface area contributed by atoms with Crippen LogP contribution < -0.4 is 5.32 Å². The topological polar surface area (TPSA) is 133 Å². The fourth-order valence-corrected chi connectivity index (χ4v) is 1.63. The van der Waals surface area contributed by atoms with Crippen molar-refractivity contribution in [3.05, 3.63) is 33.9 Å². The Morgan fingerprint density at radius 3 is 2.57 bits per heavy atom. The first kappa shape index (κ1) is 16.1. The summed E-state index contributed by atoms with van der Waals surface area (Å²) in [6.07, 6.45) is 0.787. The van der Waals surface area contributed by atoms with Crippen molar-refractivity contribution in [3.8, 4) is 6.07 Å². The van der Waals surface area contributed by atoms with E-state index < -0.39 is 16.8 Å². The van der Waals surface area contributed by atoms with Crippen LogP contribution in [0.3, 0.4) is 0 Å². The van der Waals surface area contributed by atoms with Crippen molar-refractivity contribution >= 4 is 23.3 Å². The number of nitrogens with zero attached hydrogens (tertiary/aromatic N) is 2. The molecule has 8 nitrogen and oxygen atoms in total. The molecule has 0 saturated carbocycles. The van der Waals surface area contributed by atoms with Gasteiger partial charge in [0.05, 0.1) is 16.6 Å². The number of hydrogen-bond acceptors (Lipinski definition) is 5. The van der Waals surface area contributed by atoms with Crippen LogP contribution in [0.1, 0.15) is 31.2 Å². The van der Waals surface area contributed by atoms with Crippen LogP contribution >= 0.6 is 0 Å². The minimum Gasteiger partial charge on any atom is -0.481 e. The summed E-state index contributed by atoms with van der Waals surface area (Å²) in [6.45, 7) is 0. The van der Waals surface area contributed by atoms with Crippen molar-refractivity contribution in [1.29, 1.82) is 5.26 Å². The largest absolute Gasteiger partial charge is 0.481 e. The first-order valence-corrected chi connectivity index (χ1v) is 6.14. The highest BCUT2D eigenvalue weighted by atomic mass is 16.6. The molecule has 1 aromatic rings. The Morgan fingerprint density at radius 2 is 2.00 bits per heavy atom. The lowest BCUT2D eigenvalue weighted by atomic mass is 10.1. The second-order valence-corrected chi connectivity index (χ2v) is 4.25. The van der Waals surface area contributed by atoms with E-state index in [2.05, 4.69) is 5.32 Å². The van der Waals surface area contributed by atoms with Gasteiger partial charge >= 0.3 is 5.97 Å². The molecule has 0 atom stereocenters. The van der Waals surface area contributed by atoms with Crippen molar-refractivity contribution in [2.45, 2.75) is 25.7 Å². The monoisotopic (exact) mass is 291 g/mol. The molecule has 0 bridgehead atoms. The summed E-state index contributed by atoms with van der Waals surface area (Å²) in [5.41, 5.74) is -0.212. The van der Waals surface area contributed by atoms with Gasteiger partial charge < -0.3 is 10.4 Å². The molecule has 0 aliphatic carbocycles. The number of anilines is 1. The minimum atomic E-state index is -0.932. The van der Waals surface area contributed by atoms with Gasteiger partial charge in [0.25, 0.3) is 5.69 Å². The molecule has 0 fully saturated rings. The highest BCUT2D eigenvalue weighted by Crippen LogP contribution is 2.25. The molecule has 0 aliphatic rings. The number of aliphatic carboxylic acids is 1. The Balaban J connectivity index is 2.66. The molecule has 0 heterocycles. The van der Waals surface area contributed by atoms with Crippen LogP contribution in [0.4, 0.5) is 11.4 Å². The lowest BCUT2D eigenvalue weighted by Gasteiger charge is -2.06. The van der Waals surface area contributed by atoms with E-state index in [1.54, 1.807) is 6.07 Å². The standard InChI is InChI=1S/C13H13N3O5/c14-8-9-5-6-10(11(7-9)16(20)21)15-12(17)3-1-2-4-13(18)19/h5-7H,1-4H2,(H,15,17)(H,18,19). The molecule has 0 aromatic heterocycles. The van der Waals surface area contributed by atoms with E-state index in [1.807, 2.05) is 0 Å². The van der Waals surface area contributed by atoms with Gasteiger partial charge in [-0.15, -0.1) is 0 Å². The molecule has 8 heteroatoms. The maximum Gasteiger partial charge on any atom is 0.303 e. The average molecular weight is 291 g/mol. The number of nitro groups is 1. The van der Waals surface area contributed by atoms with Gasteiger partial charge in [-0.3, -0.25) is 19.7 Å².